The summed E-state index contributed by atoms with van der Waals surface area (Å²) in [6.07, 6.45) is 3.90. The first-order valence-corrected chi connectivity index (χ1v) is 10.1. The van der Waals surface area contributed by atoms with E-state index in [0.29, 0.717) is 19.8 Å². The highest BCUT2D eigenvalue weighted by atomic mass is 127. The number of nitrogens with zero attached hydrogens (tertiary/aromatic N) is 2. The molecule has 2 rings (SSSR count). The smallest absolute Gasteiger partial charge is 0.191 e. The van der Waals surface area contributed by atoms with Crippen molar-refractivity contribution < 1.29 is 9.47 Å². The molecule has 0 aliphatic rings. The van der Waals surface area contributed by atoms with E-state index in [9.17, 15) is 0 Å². The Morgan fingerprint density at radius 1 is 1.25 bits per heavy atom. The number of hydrogen-bond donors (Lipinski definition) is 2. The number of hydrogen-bond acceptors (Lipinski definition) is 5. The number of methoxy groups -OCH3 is 1. The van der Waals surface area contributed by atoms with Gasteiger partial charge in [-0.05, 0) is 25.0 Å². The van der Waals surface area contributed by atoms with Gasteiger partial charge in [-0.25, -0.2) is 4.98 Å². The van der Waals surface area contributed by atoms with Gasteiger partial charge in [0.05, 0.1) is 11.6 Å². The SMILES string of the molecule is CCc1cnc(CCNC(=NC)NCc2ccc(C)cc2OCCOC)s1.I. The molecular formula is C20H31IN4O2S. The molecule has 1 aromatic heterocycles. The quantitative estimate of drug-likeness (QED) is 0.218. The summed E-state index contributed by atoms with van der Waals surface area (Å²) in [5, 5.41) is 7.85. The molecule has 8 heteroatoms. The van der Waals surface area contributed by atoms with Gasteiger partial charge in [0.25, 0.3) is 0 Å². The molecule has 2 aromatic rings. The summed E-state index contributed by atoms with van der Waals surface area (Å²) in [6, 6.07) is 6.22. The first-order chi connectivity index (χ1) is 13.2. The molecule has 0 spiro atoms. The van der Waals surface area contributed by atoms with E-state index in [4.69, 9.17) is 9.47 Å². The highest BCUT2D eigenvalue weighted by molar-refractivity contribution is 14.0. The number of aromatic nitrogens is 1. The number of aryl methyl sites for hydroxylation is 2. The minimum absolute atomic E-state index is 0. The summed E-state index contributed by atoms with van der Waals surface area (Å²) >= 11 is 1.78. The standard InChI is InChI=1S/C20H30N4O2S.HI/c1-5-17-14-23-19(27-17)8-9-22-20(21-3)24-13-16-7-6-15(2)12-18(16)26-11-10-25-4;/h6-7,12,14H,5,8-11,13H2,1-4H3,(H2,21,22,24);1H. The van der Waals surface area contributed by atoms with Crippen LogP contribution in [-0.2, 0) is 24.1 Å². The molecule has 0 saturated heterocycles. The molecule has 0 amide bonds. The highest BCUT2D eigenvalue weighted by Crippen LogP contribution is 2.20. The molecule has 0 atom stereocenters. The summed E-state index contributed by atoms with van der Waals surface area (Å²) < 4.78 is 10.9. The molecule has 0 bridgehead atoms. The minimum atomic E-state index is 0. The maximum Gasteiger partial charge on any atom is 0.191 e. The predicted molar refractivity (Wildman–Crippen MR) is 127 cm³/mol. The third-order valence-corrected chi connectivity index (χ3v) is 5.22. The molecule has 2 N–H and O–H groups in total. The number of guanidine groups is 1. The molecule has 0 radical (unpaired) electrons. The molecule has 0 saturated carbocycles. The number of nitrogens with one attached hydrogen (secondary N) is 2. The van der Waals surface area contributed by atoms with Gasteiger partial charge < -0.3 is 20.1 Å². The van der Waals surface area contributed by atoms with Crippen LogP contribution >= 0.6 is 35.3 Å². The Kier molecular flexibility index (Phi) is 12.1. The first-order valence-electron chi connectivity index (χ1n) is 9.25. The van der Waals surface area contributed by atoms with Crippen molar-refractivity contribution in [3.8, 4) is 5.75 Å². The van der Waals surface area contributed by atoms with Gasteiger partial charge in [0.15, 0.2) is 5.96 Å². The zero-order valence-electron chi connectivity index (χ0n) is 17.1. The van der Waals surface area contributed by atoms with Crippen LogP contribution < -0.4 is 15.4 Å². The van der Waals surface area contributed by atoms with E-state index in [-0.39, 0.29) is 24.0 Å². The topological polar surface area (TPSA) is 67.8 Å². The normalized spacial score (nSPS) is 11.1. The average Bonchev–Trinajstić information content (AvgIpc) is 3.14. The van der Waals surface area contributed by atoms with Gasteiger partial charge in [-0.15, -0.1) is 35.3 Å². The lowest BCUT2D eigenvalue weighted by molar-refractivity contribution is 0.145. The zero-order valence-corrected chi connectivity index (χ0v) is 20.2. The van der Waals surface area contributed by atoms with Crippen LogP contribution in [0.5, 0.6) is 5.75 Å². The number of thiazole rings is 1. The van der Waals surface area contributed by atoms with E-state index in [1.54, 1.807) is 25.5 Å². The van der Waals surface area contributed by atoms with Crippen LogP contribution in [0, 0.1) is 6.92 Å². The van der Waals surface area contributed by atoms with Gasteiger partial charge >= 0.3 is 0 Å². The second kappa shape index (κ2) is 13.7. The number of benzene rings is 1. The number of halogens is 1. The molecule has 28 heavy (non-hydrogen) atoms. The molecule has 1 heterocycles. The maximum atomic E-state index is 5.84. The Balaban J connectivity index is 0.00000392. The number of ether oxygens (including phenoxy) is 2. The van der Waals surface area contributed by atoms with Crippen LogP contribution in [0.25, 0.3) is 0 Å². The molecule has 156 valence electrons. The van der Waals surface area contributed by atoms with Crippen molar-refractivity contribution in [1.82, 2.24) is 15.6 Å². The van der Waals surface area contributed by atoms with Crippen LogP contribution in [0.4, 0.5) is 0 Å². The van der Waals surface area contributed by atoms with E-state index >= 15 is 0 Å². The van der Waals surface area contributed by atoms with Crippen LogP contribution in [0.15, 0.2) is 29.4 Å². The van der Waals surface area contributed by atoms with Crippen molar-refractivity contribution in [2.75, 3.05) is 33.9 Å². The van der Waals surface area contributed by atoms with Crippen LogP contribution in [0.3, 0.4) is 0 Å². The lowest BCUT2D eigenvalue weighted by Gasteiger charge is -2.15. The van der Waals surface area contributed by atoms with Crippen LogP contribution in [0.2, 0.25) is 0 Å². The predicted octanol–water partition coefficient (Wildman–Crippen LogP) is 3.56. The van der Waals surface area contributed by atoms with Gasteiger partial charge in [-0.2, -0.15) is 0 Å². The van der Waals surface area contributed by atoms with Gasteiger partial charge in [-0.3, -0.25) is 4.99 Å². The maximum absolute atomic E-state index is 5.84. The number of aliphatic imine (C=N–C) groups is 1. The van der Waals surface area contributed by atoms with Crippen molar-refractivity contribution in [1.29, 1.82) is 0 Å². The lowest BCUT2D eigenvalue weighted by atomic mass is 10.1. The second-order valence-corrected chi connectivity index (χ2v) is 7.33. The fourth-order valence-electron chi connectivity index (χ4n) is 2.49. The highest BCUT2D eigenvalue weighted by Gasteiger charge is 2.07. The zero-order chi connectivity index (χ0) is 19.5. The van der Waals surface area contributed by atoms with Gasteiger partial charge in [0.2, 0.25) is 0 Å². The lowest BCUT2D eigenvalue weighted by Crippen LogP contribution is -2.37. The molecule has 1 aromatic carbocycles. The third-order valence-electron chi connectivity index (χ3n) is 4.02. The van der Waals surface area contributed by atoms with Crippen LogP contribution in [-0.4, -0.2) is 44.9 Å². The Morgan fingerprint density at radius 2 is 2.07 bits per heavy atom. The largest absolute Gasteiger partial charge is 0.491 e. The van der Waals surface area contributed by atoms with Crippen molar-refractivity contribution in [2.45, 2.75) is 33.2 Å². The Morgan fingerprint density at radius 3 is 2.75 bits per heavy atom. The number of rotatable bonds is 10. The van der Waals surface area contributed by atoms with Crippen LogP contribution in [0.1, 0.15) is 27.9 Å². The van der Waals surface area contributed by atoms with Gasteiger partial charge in [-0.1, -0.05) is 19.1 Å². The molecule has 6 nitrogen and oxygen atoms in total. The van der Waals surface area contributed by atoms with Crippen molar-refractivity contribution >= 4 is 41.3 Å². The second-order valence-electron chi connectivity index (χ2n) is 6.13. The Hall–Kier alpha value is -1.39. The van der Waals surface area contributed by atoms with E-state index in [2.05, 4.69) is 52.7 Å². The van der Waals surface area contributed by atoms with E-state index in [0.717, 1.165) is 41.7 Å². The summed E-state index contributed by atoms with van der Waals surface area (Å²) in [6.45, 7) is 6.75. The molecular weight excluding hydrogens is 487 g/mol. The molecule has 0 aliphatic carbocycles. The minimum Gasteiger partial charge on any atom is -0.491 e. The Labute approximate surface area is 189 Å². The van der Waals surface area contributed by atoms with Gasteiger partial charge in [0, 0.05) is 50.3 Å². The van der Waals surface area contributed by atoms with E-state index in [1.165, 1.54) is 10.4 Å². The fraction of sp³-hybridized carbons (Fsp3) is 0.500. The first kappa shape index (κ1) is 24.6. The summed E-state index contributed by atoms with van der Waals surface area (Å²) in [7, 11) is 3.45. The monoisotopic (exact) mass is 518 g/mol. The Bertz CT molecular complexity index is 737. The summed E-state index contributed by atoms with van der Waals surface area (Å²) in [5.74, 6) is 1.65. The van der Waals surface area contributed by atoms with Crippen molar-refractivity contribution in [2.24, 2.45) is 4.99 Å². The molecule has 0 fully saturated rings. The summed E-state index contributed by atoms with van der Waals surface area (Å²) in [5.41, 5.74) is 2.26. The van der Waals surface area contributed by atoms with Crippen molar-refractivity contribution in [3.05, 3.63) is 45.4 Å². The van der Waals surface area contributed by atoms with Gasteiger partial charge in [0.1, 0.15) is 12.4 Å². The van der Waals surface area contributed by atoms with E-state index < -0.39 is 0 Å². The third kappa shape index (κ3) is 8.32. The molecule has 0 unspecified atom stereocenters. The molecule has 0 aliphatic heterocycles. The van der Waals surface area contributed by atoms with E-state index in [1.807, 2.05) is 6.20 Å². The fourth-order valence-corrected chi connectivity index (χ4v) is 3.35. The average molecular weight is 518 g/mol. The summed E-state index contributed by atoms with van der Waals surface area (Å²) in [4.78, 5) is 10.1. The van der Waals surface area contributed by atoms with Crippen molar-refractivity contribution in [3.63, 3.8) is 0 Å².